The molecule has 4 nitrogen and oxygen atoms in total. The minimum absolute atomic E-state index is 0.0552. The van der Waals surface area contributed by atoms with Crippen molar-refractivity contribution in [3.05, 3.63) is 65.5 Å². The Bertz CT molecular complexity index is 618. The van der Waals surface area contributed by atoms with Crippen molar-refractivity contribution in [1.82, 2.24) is 9.88 Å². The van der Waals surface area contributed by atoms with Crippen molar-refractivity contribution in [2.24, 2.45) is 0 Å². The maximum Gasteiger partial charge on any atom is 0.0900 e. The van der Waals surface area contributed by atoms with Gasteiger partial charge in [-0.05, 0) is 36.1 Å². The van der Waals surface area contributed by atoms with E-state index in [-0.39, 0.29) is 6.10 Å². The lowest BCUT2D eigenvalue weighted by atomic mass is 10.00. The van der Waals surface area contributed by atoms with Crippen LogP contribution in [0.25, 0.3) is 0 Å². The van der Waals surface area contributed by atoms with E-state index in [0.717, 1.165) is 25.1 Å². The number of nitrogens with zero attached hydrogens (tertiary/aromatic N) is 2. The van der Waals surface area contributed by atoms with Gasteiger partial charge in [-0.25, -0.2) is 0 Å². The van der Waals surface area contributed by atoms with Gasteiger partial charge >= 0.3 is 0 Å². The molecule has 1 aromatic heterocycles. The lowest BCUT2D eigenvalue weighted by molar-refractivity contribution is -0.0173. The Balaban J connectivity index is 1.46. The largest absolute Gasteiger partial charge is 0.389 e. The van der Waals surface area contributed by atoms with Gasteiger partial charge in [0.1, 0.15) is 0 Å². The fourth-order valence-electron chi connectivity index (χ4n) is 3.03. The minimum Gasteiger partial charge on any atom is -0.389 e. The summed E-state index contributed by atoms with van der Waals surface area (Å²) in [5.74, 6) is 0. The van der Waals surface area contributed by atoms with Gasteiger partial charge in [0.2, 0.25) is 0 Å². The molecule has 0 fully saturated rings. The van der Waals surface area contributed by atoms with E-state index in [4.69, 9.17) is 4.74 Å². The van der Waals surface area contributed by atoms with E-state index >= 15 is 0 Å². The third-order valence-corrected chi connectivity index (χ3v) is 4.37. The van der Waals surface area contributed by atoms with Gasteiger partial charge < -0.3 is 9.84 Å². The molecule has 0 radical (unpaired) electrons. The molecule has 0 saturated carbocycles. The molecule has 0 spiro atoms. The summed E-state index contributed by atoms with van der Waals surface area (Å²) in [6.07, 6.45) is 4.08. The highest BCUT2D eigenvalue weighted by Crippen LogP contribution is 2.19. The monoisotopic (exact) mass is 312 g/mol. The summed E-state index contributed by atoms with van der Waals surface area (Å²) in [5, 5.41) is 10.3. The van der Waals surface area contributed by atoms with Crippen molar-refractivity contribution in [3.8, 4) is 0 Å². The predicted molar refractivity (Wildman–Crippen MR) is 90.0 cm³/mol. The van der Waals surface area contributed by atoms with E-state index in [2.05, 4.69) is 34.1 Å². The molecule has 1 aromatic carbocycles. The van der Waals surface area contributed by atoms with Gasteiger partial charge in [0.15, 0.2) is 0 Å². The summed E-state index contributed by atoms with van der Waals surface area (Å²) in [4.78, 5) is 6.39. The van der Waals surface area contributed by atoms with Crippen LogP contribution in [-0.4, -0.2) is 40.8 Å². The van der Waals surface area contributed by atoms with Crippen LogP contribution in [-0.2, 0) is 17.7 Å². The summed E-state index contributed by atoms with van der Waals surface area (Å²) >= 11 is 0. The average Bonchev–Trinajstić information content (AvgIpc) is 2.60. The van der Waals surface area contributed by atoms with Gasteiger partial charge in [-0.15, -0.1) is 0 Å². The van der Waals surface area contributed by atoms with Crippen LogP contribution in [0.15, 0.2) is 48.8 Å². The lowest BCUT2D eigenvalue weighted by Gasteiger charge is -2.30. The summed E-state index contributed by atoms with van der Waals surface area (Å²) in [7, 11) is 0. The predicted octanol–water partition coefficient (Wildman–Crippen LogP) is 2.58. The molecule has 2 unspecified atom stereocenters. The molecule has 1 aliphatic heterocycles. The van der Waals surface area contributed by atoms with E-state index in [9.17, 15) is 5.11 Å². The van der Waals surface area contributed by atoms with E-state index < -0.39 is 6.10 Å². The first-order chi connectivity index (χ1) is 11.2. The van der Waals surface area contributed by atoms with Crippen LogP contribution >= 0.6 is 0 Å². The fraction of sp³-hybridized carbons (Fsp3) is 0.421. The van der Waals surface area contributed by atoms with E-state index in [0.29, 0.717) is 13.2 Å². The summed E-state index contributed by atoms with van der Waals surface area (Å²) < 4.78 is 5.78. The number of rotatable bonds is 6. The number of pyridine rings is 1. The molecule has 4 heteroatoms. The number of aliphatic hydroxyl groups is 1. The highest BCUT2D eigenvalue weighted by Gasteiger charge is 2.19. The molecule has 3 rings (SSSR count). The maximum absolute atomic E-state index is 10.3. The number of hydrogen-bond acceptors (Lipinski definition) is 4. The molecule has 0 aliphatic carbocycles. The van der Waals surface area contributed by atoms with Crippen molar-refractivity contribution in [2.45, 2.75) is 32.1 Å². The molecule has 1 aliphatic rings. The first-order valence-corrected chi connectivity index (χ1v) is 8.21. The molecule has 23 heavy (non-hydrogen) atoms. The Hall–Kier alpha value is -1.75. The van der Waals surface area contributed by atoms with Crippen molar-refractivity contribution < 1.29 is 9.84 Å². The molecule has 2 aromatic rings. The van der Waals surface area contributed by atoms with E-state index in [1.165, 1.54) is 11.1 Å². The zero-order valence-corrected chi connectivity index (χ0v) is 13.6. The van der Waals surface area contributed by atoms with Crippen LogP contribution in [0.2, 0.25) is 0 Å². The molecular formula is C19H24N2O2. The van der Waals surface area contributed by atoms with Gasteiger partial charge in [-0.1, -0.05) is 30.3 Å². The number of aliphatic hydroxyl groups excluding tert-OH is 1. The quantitative estimate of drug-likeness (QED) is 0.890. The van der Waals surface area contributed by atoms with Crippen LogP contribution in [0.4, 0.5) is 0 Å². The maximum atomic E-state index is 10.3. The third kappa shape index (κ3) is 4.38. The van der Waals surface area contributed by atoms with Gasteiger partial charge in [0.05, 0.1) is 18.8 Å². The lowest BCUT2D eigenvalue weighted by Crippen LogP contribution is -2.38. The van der Waals surface area contributed by atoms with Crippen molar-refractivity contribution in [3.63, 3.8) is 0 Å². The zero-order valence-electron chi connectivity index (χ0n) is 13.6. The Morgan fingerprint density at radius 1 is 1.22 bits per heavy atom. The second-order valence-corrected chi connectivity index (χ2v) is 6.17. The van der Waals surface area contributed by atoms with Crippen LogP contribution in [0.1, 0.15) is 29.7 Å². The number of ether oxygens (including phenoxy) is 1. The Morgan fingerprint density at radius 3 is 2.83 bits per heavy atom. The minimum atomic E-state index is -0.473. The first-order valence-electron chi connectivity index (χ1n) is 8.21. The Kier molecular flexibility index (Phi) is 5.39. The van der Waals surface area contributed by atoms with Crippen LogP contribution in [0.3, 0.4) is 0 Å². The number of β-amino-alcohol motifs (C(OH)–C–C–N with tert-alkyl or cyclic N) is 1. The Labute approximate surface area is 137 Å². The van der Waals surface area contributed by atoms with Gasteiger partial charge in [-0.3, -0.25) is 9.88 Å². The smallest absolute Gasteiger partial charge is 0.0900 e. The zero-order chi connectivity index (χ0) is 16.1. The van der Waals surface area contributed by atoms with Crippen molar-refractivity contribution in [2.75, 3.05) is 19.7 Å². The van der Waals surface area contributed by atoms with E-state index in [1.54, 1.807) is 12.4 Å². The molecule has 1 N–H and O–H groups in total. The SMILES string of the molecule is CC(OCC(O)CN1CCc2ccccc2C1)c1cccnc1. The number of fused-ring (bicyclic) bond motifs is 1. The second kappa shape index (κ2) is 7.68. The van der Waals surface area contributed by atoms with Gasteiger partial charge in [0, 0.05) is 32.0 Å². The second-order valence-electron chi connectivity index (χ2n) is 6.17. The average molecular weight is 312 g/mol. The number of hydrogen-bond donors (Lipinski definition) is 1. The standard InChI is InChI=1S/C19H24N2O2/c1-15(17-7-4-9-20-11-17)23-14-19(22)13-21-10-8-16-5-2-3-6-18(16)12-21/h2-7,9,11,15,19,22H,8,10,12-14H2,1H3. The fourth-order valence-corrected chi connectivity index (χ4v) is 3.03. The van der Waals surface area contributed by atoms with Crippen molar-refractivity contribution >= 4 is 0 Å². The molecule has 0 bridgehead atoms. The summed E-state index contributed by atoms with van der Waals surface area (Å²) in [5.41, 5.74) is 3.84. The van der Waals surface area contributed by atoms with E-state index in [1.807, 2.05) is 19.1 Å². The van der Waals surface area contributed by atoms with Crippen LogP contribution in [0, 0.1) is 0 Å². The number of aromatic nitrogens is 1. The molecule has 0 saturated heterocycles. The van der Waals surface area contributed by atoms with Crippen LogP contribution in [0.5, 0.6) is 0 Å². The molecule has 122 valence electrons. The molecule has 2 heterocycles. The normalized spacial score (nSPS) is 17.5. The van der Waals surface area contributed by atoms with Crippen molar-refractivity contribution in [1.29, 1.82) is 0 Å². The van der Waals surface area contributed by atoms with Gasteiger partial charge in [0.25, 0.3) is 0 Å². The Morgan fingerprint density at radius 2 is 2.04 bits per heavy atom. The van der Waals surface area contributed by atoms with Crippen LogP contribution < -0.4 is 0 Å². The molecular weight excluding hydrogens is 288 g/mol. The molecule has 2 atom stereocenters. The third-order valence-electron chi connectivity index (χ3n) is 4.37. The summed E-state index contributed by atoms with van der Waals surface area (Å²) in [6.45, 7) is 4.88. The topological polar surface area (TPSA) is 45.6 Å². The number of benzene rings is 1. The van der Waals surface area contributed by atoms with Gasteiger partial charge in [-0.2, -0.15) is 0 Å². The summed E-state index contributed by atoms with van der Waals surface area (Å²) in [6, 6.07) is 12.4. The first kappa shape index (κ1) is 16.1. The highest BCUT2D eigenvalue weighted by atomic mass is 16.5. The highest BCUT2D eigenvalue weighted by molar-refractivity contribution is 5.29. The molecule has 0 amide bonds.